The van der Waals surface area contributed by atoms with Crippen LogP contribution in [0.15, 0.2) is 24.3 Å². The van der Waals surface area contributed by atoms with Gasteiger partial charge in [0.25, 0.3) is 0 Å². The molecule has 0 bridgehead atoms. The van der Waals surface area contributed by atoms with E-state index in [0.717, 1.165) is 11.3 Å². The fourth-order valence-corrected chi connectivity index (χ4v) is 1.43. The third-order valence-corrected chi connectivity index (χ3v) is 2.28. The first-order chi connectivity index (χ1) is 7.65. The molecule has 16 heavy (non-hydrogen) atoms. The second kappa shape index (κ2) is 6.51. The molecule has 3 nitrogen and oxygen atoms in total. The van der Waals surface area contributed by atoms with Crippen LogP contribution in [0.1, 0.15) is 32.4 Å². The summed E-state index contributed by atoms with van der Waals surface area (Å²) in [6, 6.07) is 8.07. The van der Waals surface area contributed by atoms with Gasteiger partial charge in [0.2, 0.25) is 0 Å². The number of ether oxygens (including phenoxy) is 1. The van der Waals surface area contributed by atoms with Crippen molar-refractivity contribution in [3.8, 4) is 5.75 Å². The minimum Gasteiger partial charge on any atom is -0.496 e. The number of hydrogen-bond acceptors (Lipinski definition) is 3. The minimum atomic E-state index is 0.120. The summed E-state index contributed by atoms with van der Waals surface area (Å²) in [6.07, 6.45) is 0. The van der Waals surface area contributed by atoms with Gasteiger partial charge in [0, 0.05) is 5.56 Å². The fourth-order valence-electron chi connectivity index (χ4n) is 1.43. The predicted octanol–water partition coefficient (Wildman–Crippen LogP) is 2.93. The van der Waals surface area contributed by atoms with Crippen LogP contribution in [0.2, 0.25) is 0 Å². The molecule has 3 heteroatoms. The zero-order valence-electron chi connectivity index (χ0n) is 10.5. The van der Waals surface area contributed by atoms with Crippen molar-refractivity contribution in [2.45, 2.75) is 26.8 Å². The first kappa shape index (κ1) is 13.0. The summed E-state index contributed by atoms with van der Waals surface area (Å²) in [6.45, 7) is 7.00. The normalized spacial score (nSPS) is 12.8. The van der Waals surface area contributed by atoms with Crippen LogP contribution < -0.4 is 10.2 Å². The van der Waals surface area contributed by atoms with Crippen LogP contribution >= 0.6 is 0 Å². The number of hydrogen-bond donors (Lipinski definition) is 1. The molecule has 1 atom stereocenters. The van der Waals surface area contributed by atoms with Crippen molar-refractivity contribution in [3.05, 3.63) is 29.8 Å². The summed E-state index contributed by atoms with van der Waals surface area (Å²) in [4.78, 5) is 5.41. The van der Waals surface area contributed by atoms with Gasteiger partial charge in [0.1, 0.15) is 5.75 Å². The van der Waals surface area contributed by atoms with Gasteiger partial charge in [-0.15, -0.1) is 0 Å². The van der Waals surface area contributed by atoms with E-state index in [-0.39, 0.29) is 6.04 Å². The second-order valence-corrected chi connectivity index (χ2v) is 4.29. The van der Waals surface area contributed by atoms with Gasteiger partial charge in [-0.1, -0.05) is 32.0 Å². The quantitative estimate of drug-likeness (QED) is 0.752. The first-order valence-corrected chi connectivity index (χ1v) is 5.65. The molecule has 1 rings (SSSR count). The van der Waals surface area contributed by atoms with Gasteiger partial charge in [0.15, 0.2) is 0 Å². The molecule has 0 fully saturated rings. The van der Waals surface area contributed by atoms with Crippen LogP contribution in [0.25, 0.3) is 0 Å². The average Bonchev–Trinajstić information content (AvgIpc) is 2.28. The first-order valence-electron chi connectivity index (χ1n) is 5.65. The van der Waals surface area contributed by atoms with Gasteiger partial charge in [-0.3, -0.25) is 0 Å². The Labute approximate surface area is 97.7 Å². The molecule has 0 aromatic heterocycles. The van der Waals surface area contributed by atoms with E-state index in [1.165, 1.54) is 0 Å². The Morgan fingerprint density at radius 2 is 1.88 bits per heavy atom. The highest BCUT2D eigenvalue weighted by atomic mass is 16.6. The molecule has 1 aromatic carbocycles. The Bertz CT molecular complexity index is 313. The molecule has 0 aliphatic rings. The highest BCUT2D eigenvalue weighted by molar-refractivity contribution is 5.35. The number of para-hydroxylation sites is 1. The zero-order valence-corrected chi connectivity index (χ0v) is 10.5. The van der Waals surface area contributed by atoms with Gasteiger partial charge < -0.3 is 9.57 Å². The minimum absolute atomic E-state index is 0.120. The molecule has 1 N–H and O–H groups in total. The maximum Gasteiger partial charge on any atom is 0.123 e. The Hall–Kier alpha value is -1.06. The van der Waals surface area contributed by atoms with Crippen LogP contribution in [0.5, 0.6) is 5.75 Å². The molecular formula is C13H21NO2. The summed E-state index contributed by atoms with van der Waals surface area (Å²) < 4.78 is 5.30. The van der Waals surface area contributed by atoms with Crippen molar-refractivity contribution in [2.24, 2.45) is 5.92 Å². The van der Waals surface area contributed by atoms with Gasteiger partial charge in [0.05, 0.1) is 19.8 Å². The maximum absolute atomic E-state index is 5.41. The summed E-state index contributed by atoms with van der Waals surface area (Å²) in [5.41, 5.74) is 4.13. The molecule has 0 amide bonds. The van der Waals surface area contributed by atoms with Crippen LogP contribution in [-0.2, 0) is 4.84 Å². The van der Waals surface area contributed by atoms with Crippen LogP contribution in [0, 0.1) is 5.92 Å². The zero-order chi connectivity index (χ0) is 12.0. The van der Waals surface area contributed by atoms with Crippen LogP contribution in [0.3, 0.4) is 0 Å². The van der Waals surface area contributed by atoms with Crippen molar-refractivity contribution in [1.29, 1.82) is 0 Å². The predicted molar refractivity (Wildman–Crippen MR) is 65.3 cm³/mol. The van der Waals surface area contributed by atoms with E-state index >= 15 is 0 Å². The third kappa shape index (κ3) is 3.83. The van der Waals surface area contributed by atoms with E-state index in [1.54, 1.807) is 7.11 Å². The number of nitrogens with one attached hydrogen (secondary N) is 1. The number of hydroxylamine groups is 1. The highest BCUT2D eigenvalue weighted by Crippen LogP contribution is 2.24. The van der Waals surface area contributed by atoms with Crippen LogP contribution in [-0.4, -0.2) is 13.7 Å². The smallest absolute Gasteiger partial charge is 0.123 e. The van der Waals surface area contributed by atoms with Gasteiger partial charge in [-0.05, 0) is 18.9 Å². The van der Waals surface area contributed by atoms with Crippen molar-refractivity contribution >= 4 is 0 Å². The number of rotatable bonds is 6. The standard InChI is InChI=1S/C13H21NO2/c1-10(2)9-16-14-11(3)12-7-5-6-8-13(12)15-4/h5-8,10-11,14H,9H2,1-4H3. The summed E-state index contributed by atoms with van der Waals surface area (Å²) >= 11 is 0. The van der Waals surface area contributed by atoms with E-state index in [9.17, 15) is 0 Å². The summed E-state index contributed by atoms with van der Waals surface area (Å²) in [5.74, 6) is 1.41. The lowest BCUT2D eigenvalue weighted by atomic mass is 10.1. The third-order valence-electron chi connectivity index (χ3n) is 2.28. The van der Waals surface area contributed by atoms with E-state index in [0.29, 0.717) is 12.5 Å². The largest absolute Gasteiger partial charge is 0.496 e. The maximum atomic E-state index is 5.41. The van der Waals surface area contributed by atoms with Gasteiger partial charge in [-0.2, -0.15) is 5.48 Å². The second-order valence-electron chi connectivity index (χ2n) is 4.29. The molecule has 0 spiro atoms. The Kier molecular flexibility index (Phi) is 5.29. The topological polar surface area (TPSA) is 30.5 Å². The van der Waals surface area contributed by atoms with E-state index in [1.807, 2.05) is 24.3 Å². The lowest BCUT2D eigenvalue weighted by molar-refractivity contribution is 0.00368. The Morgan fingerprint density at radius 3 is 2.50 bits per heavy atom. The monoisotopic (exact) mass is 223 g/mol. The van der Waals surface area contributed by atoms with Gasteiger partial charge >= 0.3 is 0 Å². The number of benzene rings is 1. The van der Waals surface area contributed by atoms with E-state index in [2.05, 4.69) is 26.3 Å². The van der Waals surface area contributed by atoms with Crippen molar-refractivity contribution in [1.82, 2.24) is 5.48 Å². The fraction of sp³-hybridized carbons (Fsp3) is 0.538. The molecule has 90 valence electrons. The molecular weight excluding hydrogens is 202 g/mol. The molecule has 0 saturated heterocycles. The lowest BCUT2D eigenvalue weighted by Crippen LogP contribution is -2.21. The van der Waals surface area contributed by atoms with Crippen molar-refractivity contribution in [3.63, 3.8) is 0 Å². The van der Waals surface area contributed by atoms with Crippen LogP contribution in [0.4, 0.5) is 0 Å². The summed E-state index contributed by atoms with van der Waals surface area (Å²) in [7, 11) is 1.68. The summed E-state index contributed by atoms with van der Waals surface area (Å²) in [5, 5.41) is 0. The SMILES string of the molecule is COc1ccccc1C(C)NOCC(C)C. The highest BCUT2D eigenvalue weighted by Gasteiger charge is 2.10. The average molecular weight is 223 g/mol. The molecule has 0 heterocycles. The Balaban J connectivity index is 2.55. The molecule has 0 radical (unpaired) electrons. The van der Waals surface area contributed by atoms with Crippen molar-refractivity contribution < 1.29 is 9.57 Å². The van der Waals surface area contributed by atoms with Crippen molar-refractivity contribution in [2.75, 3.05) is 13.7 Å². The lowest BCUT2D eigenvalue weighted by Gasteiger charge is -2.17. The van der Waals surface area contributed by atoms with E-state index < -0.39 is 0 Å². The number of methoxy groups -OCH3 is 1. The Morgan fingerprint density at radius 1 is 1.19 bits per heavy atom. The van der Waals surface area contributed by atoms with Gasteiger partial charge in [-0.25, -0.2) is 0 Å². The molecule has 0 aliphatic heterocycles. The molecule has 1 aromatic rings. The molecule has 0 saturated carbocycles. The molecule has 1 unspecified atom stereocenters. The van der Waals surface area contributed by atoms with E-state index in [4.69, 9.17) is 9.57 Å². The molecule has 0 aliphatic carbocycles.